The number of piperidine rings is 1. The molecule has 0 aromatic heterocycles. The second-order valence-corrected chi connectivity index (χ2v) is 5.97. The van der Waals surface area contributed by atoms with Crippen molar-refractivity contribution in [1.29, 1.82) is 0 Å². The molecule has 2 atom stereocenters. The molecular weight excluding hydrogens is 255 g/mol. The topological polar surface area (TPSA) is 32.3 Å². The van der Waals surface area contributed by atoms with Crippen molar-refractivity contribution in [3.63, 3.8) is 0 Å². The van der Waals surface area contributed by atoms with Gasteiger partial charge in [0.2, 0.25) is 0 Å². The summed E-state index contributed by atoms with van der Waals surface area (Å²) in [4.78, 5) is 14.3. The Bertz CT molecular complexity index is 454. The zero-order chi connectivity index (χ0) is 14.5. The van der Waals surface area contributed by atoms with Gasteiger partial charge in [-0.3, -0.25) is 4.79 Å². The number of rotatable bonds is 4. The van der Waals surface area contributed by atoms with E-state index in [4.69, 9.17) is 0 Å². The van der Waals surface area contributed by atoms with Gasteiger partial charge < -0.3 is 10.2 Å². The minimum Gasteiger partial charge on any atom is -0.351 e. The summed E-state index contributed by atoms with van der Waals surface area (Å²) in [5.41, 5.74) is 0.380. The van der Waals surface area contributed by atoms with Crippen molar-refractivity contribution >= 4 is 5.91 Å². The lowest BCUT2D eigenvalue weighted by molar-refractivity contribution is 0.0936. The fraction of sp³-hybridized carbons (Fsp3) is 0.562. The van der Waals surface area contributed by atoms with E-state index in [-0.39, 0.29) is 11.7 Å². The number of nitrogens with zero attached hydrogens (tertiary/aromatic N) is 1. The highest BCUT2D eigenvalue weighted by atomic mass is 19.1. The standard InChI is InChI=1S/C16H23FN2O/c1-12-8-13(2)11-19(10-12)7-6-18-16(20)14-4-3-5-15(17)9-14/h3-5,9,12-13H,6-8,10-11H2,1-2H3,(H,18,20)/t12-,13+. The Labute approximate surface area is 120 Å². The van der Waals surface area contributed by atoms with Gasteiger partial charge in [0.1, 0.15) is 5.82 Å². The van der Waals surface area contributed by atoms with Gasteiger partial charge in [-0.2, -0.15) is 0 Å². The van der Waals surface area contributed by atoms with Crippen molar-refractivity contribution in [3.05, 3.63) is 35.6 Å². The van der Waals surface area contributed by atoms with Crippen molar-refractivity contribution in [2.24, 2.45) is 11.8 Å². The summed E-state index contributed by atoms with van der Waals surface area (Å²) in [7, 11) is 0. The van der Waals surface area contributed by atoms with Crippen LogP contribution in [0.15, 0.2) is 24.3 Å². The molecule has 1 aromatic carbocycles. The molecule has 0 bridgehead atoms. The number of likely N-dealkylation sites (tertiary alicyclic amines) is 1. The van der Waals surface area contributed by atoms with Crippen molar-refractivity contribution in [2.45, 2.75) is 20.3 Å². The molecule has 3 nitrogen and oxygen atoms in total. The first-order valence-corrected chi connectivity index (χ1v) is 7.30. The maximum absolute atomic E-state index is 13.0. The predicted molar refractivity (Wildman–Crippen MR) is 78.1 cm³/mol. The molecule has 1 saturated heterocycles. The van der Waals surface area contributed by atoms with Crippen molar-refractivity contribution < 1.29 is 9.18 Å². The van der Waals surface area contributed by atoms with E-state index in [2.05, 4.69) is 24.1 Å². The van der Waals surface area contributed by atoms with Gasteiger partial charge in [-0.1, -0.05) is 19.9 Å². The van der Waals surface area contributed by atoms with Crippen molar-refractivity contribution in [2.75, 3.05) is 26.2 Å². The predicted octanol–water partition coefficient (Wildman–Crippen LogP) is 2.53. The van der Waals surface area contributed by atoms with Crippen LogP contribution in [0.3, 0.4) is 0 Å². The normalized spacial score (nSPS) is 23.6. The van der Waals surface area contributed by atoms with E-state index in [0.29, 0.717) is 12.1 Å². The molecule has 1 aliphatic heterocycles. The molecule has 1 aromatic rings. The number of carbonyl (C=O) groups excluding carboxylic acids is 1. The number of hydrogen-bond acceptors (Lipinski definition) is 2. The molecule has 2 rings (SSSR count). The summed E-state index contributed by atoms with van der Waals surface area (Å²) in [5, 5.41) is 2.86. The van der Waals surface area contributed by atoms with Crippen LogP contribution in [0, 0.1) is 17.7 Å². The summed E-state index contributed by atoms with van der Waals surface area (Å²) < 4.78 is 13.0. The Morgan fingerprint density at radius 2 is 2.05 bits per heavy atom. The number of nitrogens with one attached hydrogen (secondary N) is 1. The van der Waals surface area contributed by atoms with Crippen LogP contribution in [0.2, 0.25) is 0 Å². The minimum atomic E-state index is -0.378. The van der Waals surface area contributed by atoms with Crippen LogP contribution in [0.4, 0.5) is 4.39 Å². The number of carbonyl (C=O) groups is 1. The SMILES string of the molecule is C[C@@H]1C[C@H](C)CN(CCNC(=O)c2cccc(F)c2)C1. The van der Waals surface area contributed by atoms with Crippen molar-refractivity contribution in [3.8, 4) is 0 Å². The first-order valence-electron chi connectivity index (χ1n) is 7.30. The van der Waals surface area contributed by atoms with Gasteiger partial charge in [0.25, 0.3) is 5.91 Å². The summed E-state index contributed by atoms with van der Waals surface area (Å²) in [6, 6.07) is 5.79. The Hall–Kier alpha value is -1.42. The van der Waals surface area contributed by atoms with Crippen LogP contribution in [-0.2, 0) is 0 Å². The third kappa shape index (κ3) is 4.30. The number of benzene rings is 1. The summed E-state index contributed by atoms with van der Waals surface area (Å²) in [5.74, 6) is 0.856. The molecule has 0 unspecified atom stereocenters. The lowest BCUT2D eigenvalue weighted by atomic mass is 9.92. The number of amides is 1. The van der Waals surface area contributed by atoms with Crippen LogP contribution in [-0.4, -0.2) is 37.0 Å². The van der Waals surface area contributed by atoms with Gasteiger partial charge in [-0.25, -0.2) is 4.39 Å². The molecule has 1 aliphatic rings. The first kappa shape index (κ1) is 15.0. The van der Waals surface area contributed by atoms with Crippen LogP contribution in [0.5, 0.6) is 0 Å². The van der Waals surface area contributed by atoms with E-state index in [0.717, 1.165) is 31.5 Å². The molecule has 0 spiro atoms. The number of hydrogen-bond donors (Lipinski definition) is 1. The zero-order valence-corrected chi connectivity index (χ0v) is 12.2. The first-order chi connectivity index (χ1) is 9.54. The van der Waals surface area contributed by atoms with Gasteiger partial charge in [0, 0.05) is 31.7 Å². The lowest BCUT2D eigenvalue weighted by Gasteiger charge is -2.34. The Balaban J connectivity index is 1.77. The van der Waals surface area contributed by atoms with Crippen LogP contribution in [0.25, 0.3) is 0 Å². The van der Waals surface area contributed by atoms with Gasteiger partial charge >= 0.3 is 0 Å². The zero-order valence-electron chi connectivity index (χ0n) is 12.2. The molecule has 20 heavy (non-hydrogen) atoms. The highest BCUT2D eigenvalue weighted by Crippen LogP contribution is 2.20. The third-order valence-electron chi connectivity index (χ3n) is 3.74. The molecule has 0 radical (unpaired) electrons. The van der Waals surface area contributed by atoms with E-state index in [1.165, 1.54) is 18.6 Å². The third-order valence-corrected chi connectivity index (χ3v) is 3.74. The van der Waals surface area contributed by atoms with E-state index in [1.807, 2.05) is 0 Å². The second kappa shape index (κ2) is 6.84. The summed E-state index contributed by atoms with van der Waals surface area (Å²) in [6.45, 7) is 8.20. The molecule has 1 fully saturated rings. The van der Waals surface area contributed by atoms with E-state index >= 15 is 0 Å². The number of halogens is 1. The second-order valence-electron chi connectivity index (χ2n) is 5.97. The maximum Gasteiger partial charge on any atom is 0.251 e. The Morgan fingerprint density at radius 1 is 1.35 bits per heavy atom. The Morgan fingerprint density at radius 3 is 2.70 bits per heavy atom. The fourth-order valence-corrected chi connectivity index (χ4v) is 3.03. The molecule has 1 N–H and O–H groups in total. The highest BCUT2D eigenvalue weighted by molar-refractivity contribution is 5.94. The summed E-state index contributed by atoms with van der Waals surface area (Å²) >= 11 is 0. The van der Waals surface area contributed by atoms with Gasteiger partial charge in [0.05, 0.1) is 0 Å². The van der Waals surface area contributed by atoms with Crippen LogP contribution < -0.4 is 5.32 Å². The molecule has 0 saturated carbocycles. The largest absolute Gasteiger partial charge is 0.351 e. The molecule has 110 valence electrons. The minimum absolute atomic E-state index is 0.206. The average Bonchev–Trinajstić information content (AvgIpc) is 2.37. The monoisotopic (exact) mass is 278 g/mol. The quantitative estimate of drug-likeness (QED) is 0.918. The molecular formula is C16H23FN2O. The molecule has 4 heteroatoms. The van der Waals surface area contributed by atoms with Crippen LogP contribution >= 0.6 is 0 Å². The smallest absolute Gasteiger partial charge is 0.251 e. The molecule has 1 amide bonds. The van der Waals surface area contributed by atoms with Crippen LogP contribution in [0.1, 0.15) is 30.6 Å². The van der Waals surface area contributed by atoms with Gasteiger partial charge in [0.15, 0.2) is 0 Å². The average molecular weight is 278 g/mol. The van der Waals surface area contributed by atoms with Gasteiger partial charge in [-0.05, 0) is 36.5 Å². The lowest BCUT2D eigenvalue weighted by Crippen LogP contribution is -2.42. The fourth-order valence-electron chi connectivity index (χ4n) is 3.03. The highest BCUT2D eigenvalue weighted by Gasteiger charge is 2.21. The van der Waals surface area contributed by atoms with Crippen molar-refractivity contribution in [1.82, 2.24) is 10.2 Å². The van der Waals surface area contributed by atoms with E-state index < -0.39 is 0 Å². The maximum atomic E-state index is 13.0. The van der Waals surface area contributed by atoms with Gasteiger partial charge in [-0.15, -0.1) is 0 Å². The summed E-state index contributed by atoms with van der Waals surface area (Å²) in [6.07, 6.45) is 1.28. The van der Waals surface area contributed by atoms with E-state index in [1.54, 1.807) is 12.1 Å². The van der Waals surface area contributed by atoms with E-state index in [9.17, 15) is 9.18 Å². The molecule has 1 heterocycles. The Kier molecular flexibility index (Phi) is 5.12. The molecule has 0 aliphatic carbocycles.